The SMILES string of the molecule is O=[N+]([O-])c1cc(C=Nc2ccc3oc(-c4ccccc4F)nc3c2)c([O-])c([N+](=O)[O-])c1. The lowest BCUT2D eigenvalue weighted by Gasteiger charge is -2.10. The normalized spacial score (nSPS) is 11.3. The molecule has 1 aromatic heterocycles. The molecule has 0 amide bonds. The second-order valence-corrected chi connectivity index (χ2v) is 6.31. The quantitative estimate of drug-likeness (QED) is 0.265. The van der Waals surface area contributed by atoms with E-state index in [1.807, 2.05) is 0 Å². The average Bonchev–Trinajstić information content (AvgIpc) is 3.16. The molecule has 4 aromatic rings. The van der Waals surface area contributed by atoms with Crippen molar-refractivity contribution >= 4 is 34.4 Å². The maximum atomic E-state index is 14.0. The van der Waals surface area contributed by atoms with Crippen molar-refractivity contribution in [3.8, 4) is 17.2 Å². The fraction of sp³-hybridized carbons (Fsp3) is 0. The van der Waals surface area contributed by atoms with Crippen LogP contribution in [0.1, 0.15) is 5.56 Å². The van der Waals surface area contributed by atoms with E-state index in [0.717, 1.165) is 12.3 Å². The summed E-state index contributed by atoms with van der Waals surface area (Å²) in [6, 6.07) is 12.0. The largest absolute Gasteiger partial charge is 0.867 e. The molecule has 0 aliphatic heterocycles. The number of aromatic nitrogens is 1. The topological polar surface area (TPSA) is 148 Å². The molecule has 0 bridgehead atoms. The first-order valence-corrected chi connectivity index (χ1v) is 8.67. The minimum atomic E-state index is -0.997. The summed E-state index contributed by atoms with van der Waals surface area (Å²) >= 11 is 0. The molecule has 0 N–H and O–H groups in total. The van der Waals surface area contributed by atoms with Gasteiger partial charge in [0.1, 0.15) is 11.3 Å². The Morgan fingerprint density at radius 1 is 1.03 bits per heavy atom. The number of oxazole rings is 1. The zero-order valence-electron chi connectivity index (χ0n) is 15.4. The molecule has 0 unspecified atom stereocenters. The van der Waals surface area contributed by atoms with E-state index in [2.05, 4.69) is 9.98 Å². The van der Waals surface area contributed by atoms with E-state index in [1.54, 1.807) is 6.07 Å². The maximum Gasteiger partial charge on any atom is 0.276 e. The highest BCUT2D eigenvalue weighted by Gasteiger charge is 2.18. The molecule has 0 spiro atoms. The van der Waals surface area contributed by atoms with Gasteiger partial charge >= 0.3 is 0 Å². The van der Waals surface area contributed by atoms with Gasteiger partial charge in [-0.3, -0.25) is 25.2 Å². The fourth-order valence-electron chi connectivity index (χ4n) is 2.85. The highest BCUT2D eigenvalue weighted by molar-refractivity contribution is 5.89. The van der Waals surface area contributed by atoms with Crippen LogP contribution in [0, 0.1) is 26.0 Å². The van der Waals surface area contributed by atoms with Crippen molar-refractivity contribution in [3.63, 3.8) is 0 Å². The zero-order valence-corrected chi connectivity index (χ0v) is 15.4. The second kappa shape index (κ2) is 7.63. The smallest absolute Gasteiger partial charge is 0.276 e. The van der Waals surface area contributed by atoms with Gasteiger partial charge in [0.25, 0.3) is 11.4 Å². The number of nitro groups is 2. The molecule has 11 heteroatoms. The Kier molecular flexibility index (Phi) is 4.83. The Bertz CT molecular complexity index is 1380. The lowest BCUT2D eigenvalue weighted by molar-refractivity contribution is -0.403. The lowest BCUT2D eigenvalue weighted by atomic mass is 10.1. The van der Waals surface area contributed by atoms with Gasteiger partial charge in [-0.25, -0.2) is 9.37 Å². The molecule has 0 atom stereocenters. The van der Waals surface area contributed by atoms with Gasteiger partial charge in [0.15, 0.2) is 5.58 Å². The summed E-state index contributed by atoms with van der Waals surface area (Å²) in [6.45, 7) is 0. The third kappa shape index (κ3) is 3.79. The van der Waals surface area contributed by atoms with Gasteiger partial charge in [0.2, 0.25) is 5.89 Å². The summed E-state index contributed by atoms with van der Waals surface area (Å²) < 4.78 is 19.5. The molecule has 0 saturated carbocycles. The van der Waals surface area contributed by atoms with Crippen molar-refractivity contribution < 1.29 is 23.8 Å². The number of hydrogen-bond acceptors (Lipinski definition) is 8. The summed E-state index contributed by atoms with van der Waals surface area (Å²) in [5.74, 6) is -1.42. The summed E-state index contributed by atoms with van der Waals surface area (Å²) in [4.78, 5) is 28.5. The van der Waals surface area contributed by atoms with E-state index in [9.17, 15) is 29.7 Å². The number of halogens is 1. The first-order chi connectivity index (χ1) is 14.8. The molecular weight excluding hydrogens is 411 g/mol. The Labute approximate surface area is 172 Å². The lowest BCUT2D eigenvalue weighted by Crippen LogP contribution is -2.03. The molecule has 4 rings (SSSR count). The minimum absolute atomic E-state index is 0.0744. The third-order valence-corrected chi connectivity index (χ3v) is 4.32. The number of rotatable bonds is 5. The second-order valence-electron chi connectivity index (χ2n) is 6.31. The number of benzene rings is 3. The van der Waals surface area contributed by atoms with Crippen molar-refractivity contribution in [3.05, 3.63) is 86.2 Å². The molecule has 154 valence electrons. The molecule has 0 aliphatic carbocycles. The average molecular weight is 421 g/mol. The van der Waals surface area contributed by atoms with Crippen LogP contribution in [0.2, 0.25) is 0 Å². The van der Waals surface area contributed by atoms with E-state index < -0.39 is 32.8 Å². The molecule has 0 fully saturated rings. The van der Waals surface area contributed by atoms with Crippen molar-refractivity contribution in [1.82, 2.24) is 4.98 Å². The predicted molar refractivity (Wildman–Crippen MR) is 106 cm³/mol. The number of nitrogens with zero attached hydrogens (tertiary/aromatic N) is 4. The summed E-state index contributed by atoms with van der Waals surface area (Å²) in [6.07, 6.45) is 1.00. The van der Waals surface area contributed by atoms with Crippen LogP contribution in [0.5, 0.6) is 5.75 Å². The Morgan fingerprint density at radius 3 is 2.52 bits per heavy atom. The van der Waals surface area contributed by atoms with Crippen molar-refractivity contribution in [2.24, 2.45) is 4.99 Å². The van der Waals surface area contributed by atoms with Crippen LogP contribution in [0.3, 0.4) is 0 Å². The summed E-state index contributed by atoms with van der Waals surface area (Å²) in [7, 11) is 0. The van der Waals surface area contributed by atoms with E-state index in [1.165, 1.54) is 36.4 Å². The maximum absolute atomic E-state index is 14.0. The van der Waals surface area contributed by atoms with E-state index in [0.29, 0.717) is 22.9 Å². The highest BCUT2D eigenvalue weighted by Crippen LogP contribution is 2.32. The monoisotopic (exact) mass is 421 g/mol. The highest BCUT2D eigenvalue weighted by atomic mass is 19.1. The number of fused-ring (bicyclic) bond motifs is 1. The van der Waals surface area contributed by atoms with Crippen LogP contribution in [0.15, 0.2) is 64.0 Å². The number of nitro benzene ring substituents is 2. The van der Waals surface area contributed by atoms with Crippen LogP contribution in [-0.4, -0.2) is 21.0 Å². The van der Waals surface area contributed by atoms with Crippen LogP contribution in [0.25, 0.3) is 22.6 Å². The number of non-ortho nitro benzene ring substituents is 1. The van der Waals surface area contributed by atoms with Gasteiger partial charge in [0, 0.05) is 12.3 Å². The summed E-state index contributed by atoms with van der Waals surface area (Å²) in [5.41, 5.74) is -0.620. The van der Waals surface area contributed by atoms with Gasteiger partial charge in [-0.1, -0.05) is 12.1 Å². The predicted octanol–water partition coefficient (Wildman–Crippen LogP) is 4.27. The van der Waals surface area contributed by atoms with Gasteiger partial charge in [-0.2, -0.15) is 0 Å². The third-order valence-electron chi connectivity index (χ3n) is 4.32. The fourth-order valence-corrected chi connectivity index (χ4v) is 2.85. The van der Waals surface area contributed by atoms with Crippen LogP contribution >= 0.6 is 0 Å². The molecule has 1 heterocycles. The van der Waals surface area contributed by atoms with Gasteiger partial charge < -0.3 is 9.52 Å². The van der Waals surface area contributed by atoms with Gasteiger partial charge in [-0.15, -0.1) is 0 Å². The molecule has 0 radical (unpaired) electrons. The van der Waals surface area contributed by atoms with Crippen LogP contribution in [-0.2, 0) is 0 Å². The van der Waals surface area contributed by atoms with Gasteiger partial charge in [-0.05, 0) is 41.6 Å². The van der Waals surface area contributed by atoms with E-state index in [4.69, 9.17) is 4.42 Å². The summed E-state index contributed by atoms with van der Waals surface area (Å²) in [5, 5.41) is 34.2. The first kappa shape index (κ1) is 19.6. The van der Waals surface area contributed by atoms with E-state index >= 15 is 0 Å². The van der Waals surface area contributed by atoms with Gasteiger partial charge in [0.05, 0.1) is 27.2 Å². The Hall–Kier alpha value is -4.67. The molecule has 10 nitrogen and oxygen atoms in total. The van der Waals surface area contributed by atoms with E-state index in [-0.39, 0.29) is 17.0 Å². The number of hydrogen-bond donors (Lipinski definition) is 0. The van der Waals surface area contributed by atoms with Crippen molar-refractivity contribution in [2.45, 2.75) is 0 Å². The zero-order chi connectivity index (χ0) is 22.1. The molecule has 0 saturated heterocycles. The molecular formula is C20H10FN4O6-. The molecule has 0 aliphatic rings. The molecule has 31 heavy (non-hydrogen) atoms. The molecule has 3 aromatic carbocycles. The standard InChI is InChI=1S/C20H11FN4O6/c21-15-4-2-1-3-14(15)20-23-16-8-12(5-6-18(16)31-20)22-10-11-7-13(24(27)28)9-17(19(11)26)25(29)30/h1-10,26H/p-1. The van der Waals surface area contributed by atoms with Crippen molar-refractivity contribution in [2.75, 3.05) is 0 Å². The van der Waals surface area contributed by atoms with Crippen LogP contribution < -0.4 is 5.11 Å². The Balaban J connectivity index is 1.71. The minimum Gasteiger partial charge on any atom is -0.867 e. The number of aliphatic imine (C=N–C) groups is 1. The van der Waals surface area contributed by atoms with Crippen LogP contribution in [0.4, 0.5) is 21.5 Å². The van der Waals surface area contributed by atoms with Crippen molar-refractivity contribution in [1.29, 1.82) is 0 Å². The first-order valence-electron chi connectivity index (χ1n) is 8.67. The Morgan fingerprint density at radius 2 is 1.81 bits per heavy atom.